The largest absolute Gasteiger partial charge is 0.0654 e. The summed E-state index contributed by atoms with van der Waals surface area (Å²) in [6, 6.07) is 0. The molecular weight excluding hydrogens is 536 g/mol. The molecule has 0 unspecified atom stereocenters. The summed E-state index contributed by atoms with van der Waals surface area (Å²) in [6.45, 7) is 4.51. The van der Waals surface area contributed by atoms with E-state index in [4.69, 9.17) is 0 Å². The van der Waals surface area contributed by atoms with Crippen molar-refractivity contribution in [3.63, 3.8) is 0 Å². The molecule has 0 nitrogen and oxygen atoms in total. The van der Waals surface area contributed by atoms with Crippen LogP contribution < -0.4 is 0 Å². The predicted octanol–water partition coefficient (Wildman–Crippen LogP) is 8.98. The molecular formula is C18H26Br4. The van der Waals surface area contributed by atoms with Crippen LogP contribution in [0.1, 0.15) is 76.3 Å². The highest BCUT2D eigenvalue weighted by molar-refractivity contribution is 9.14. The predicted molar refractivity (Wildman–Crippen MR) is 113 cm³/mol. The van der Waals surface area contributed by atoms with Crippen LogP contribution in [0.3, 0.4) is 0 Å². The first-order chi connectivity index (χ1) is 10.5. The van der Waals surface area contributed by atoms with Crippen LogP contribution in [0.5, 0.6) is 0 Å². The Hall–Kier alpha value is 1.14. The number of unbranched alkanes of at least 4 members (excludes halogenated alkanes) is 6. The summed E-state index contributed by atoms with van der Waals surface area (Å²) in [5, 5.41) is 0. The van der Waals surface area contributed by atoms with E-state index < -0.39 is 0 Å². The zero-order valence-electron chi connectivity index (χ0n) is 13.6. The monoisotopic (exact) mass is 558 g/mol. The van der Waals surface area contributed by atoms with Crippen LogP contribution in [0.25, 0.3) is 0 Å². The third-order valence-electron chi connectivity index (χ3n) is 4.01. The Morgan fingerprint density at radius 3 is 1.09 bits per heavy atom. The lowest BCUT2D eigenvalue weighted by atomic mass is 10.0. The fourth-order valence-corrected chi connectivity index (χ4v) is 5.69. The zero-order chi connectivity index (χ0) is 16.5. The molecule has 0 bridgehead atoms. The molecule has 1 aromatic carbocycles. The Labute approximate surface area is 169 Å². The van der Waals surface area contributed by atoms with Crippen LogP contribution in [-0.2, 0) is 12.8 Å². The molecule has 0 saturated heterocycles. The van der Waals surface area contributed by atoms with E-state index in [1.54, 1.807) is 0 Å². The van der Waals surface area contributed by atoms with Crippen molar-refractivity contribution in [2.45, 2.75) is 78.1 Å². The van der Waals surface area contributed by atoms with Crippen molar-refractivity contribution in [1.82, 2.24) is 0 Å². The molecule has 0 heterocycles. The Kier molecular flexibility index (Phi) is 11.2. The molecule has 22 heavy (non-hydrogen) atoms. The Bertz CT molecular complexity index is 397. The minimum atomic E-state index is 1.12. The van der Waals surface area contributed by atoms with E-state index in [2.05, 4.69) is 77.6 Å². The van der Waals surface area contributed by atoms with Crippen LogP contribution in [-0.4, -0.2) is 0 Å². The average Bonchev–Trinajstić information content (AvgIpc) is 2.51. The van der Waals surface area contributed by atoms with Crippen LogP contribution in [0.4, 0.5) is 0 Å². The van der Waals surface area contributed by atoms with E-state index in [9.17, 15) is 0 Å². The van der Waals surface area contributed by atoms with Crippen molar-refractivity contribution < 1.29 is 0 Å². The highest BCUT2D eigenvalue weighted by atomic mass is 79.9. The molecule has 0 fully saturated rings. The maximum Gasteiger partial charge on any atom is 0.0364 e. The number of halogens is 4. The molecule has 126 valence electrons. The number of hydrogen-bond donors (Lipinski definition) is 0. The summed E-state index contributed by atoms with van der Waals surface area (Å²) < 4.78 is 4.91. The van der Waals surface area contributed by atoms with Gasteiger partial charge in [-0.05, 0) is 101 Å². The number of benzene rings is 1. The summed E-state index contributed by atoms with van der Waals surface area (Å²) in [6.07, 6.45) is 12.6. The molecule has 4 heteroatoms. The lowest BCUT2D eigenvalue weighted by Gasteiger charge is -2.17. The topological polar surface area (TPSA) is 0 Å². The smallest absolute Gasteiger partial charge is 0.0364 e. The molecule has 1 rings (SSSR count). The minimum absolute atomic E-state index is 1.12. The van der Waals surface area contributed by atoms with Crippen LogP contribution in [0, 0.1) is 0 Å². The third kappa shape index (κ3) is 6.22. The molecule has 0 spiro atoms. The molecule has 0 N–H and O–H groups in total. The van der Waals surface area contributed by atoms with Gasteiger partial charge in [0.2, 0.25) is 0 Å². The van der Waals surface area contributed by atoms with Crippen molar-refractivity contribution in [2.75, 3.05) is 0 Å². The molecule has 0 aliphatic carbocycles. The van der Waals surface area contributed by atoms with Gasteiger partial charge in [-0.1, -0.05) is 52.4 Å². The van der Waals surface area contributed by atoms with E-state index >= 15 is 0 Å². The summed E-state index contributed by atoms with van der Waals surface area (Å²) in [4.78, 5) is 0. The molecule has 0 aliphatic heterocycles. The second-order valence-electron chi connectivity index (χ2n) is 5.83. The fourth-order valence-electron chi connectivity index (χ4n) is 2.62. The number of hydrogen-bond acceptors (Lipinski definition) is 0. The van der Waals surface area contributed by atoms with Gasteiger partial charge < -0.3 is 0 Å². The third-order valence-corrected chi connectivity index (χ3v) is 8.57. The summed E-state index contributed by atoms with van der Waals surface area (Å²) in [7, 11) is 0. The second-order valence-corrected chi connectivity index (χ2v) is 9.01. The molecule has 0 saturated carbocycles. The highest BCUT2D eigenvalue weighted by Gasteiger charge is 2.18. The molecule has 1 aromatic rings. The van der Waals surface area contributed by atoms with Gasteiger partial charge in [-0.3, -0.25) is 0 Å². The lowest BCUT2D eigenvalue weighted by Crippen LogP contribution is -1.98. The van der Waals surface area contributed by atoms with Gasteiger partial charge in [-0.2, -0.15) is 0 Å². The van der Waals surface area contributed by atoms with Gasteiger partial charge in [0.05, 0.1) is 0 Å². The fraction of sp³-hybridized carbons (Fsp3) is 0.667. The van der Waals surface area contributed by atoms with Crippen LogP contribution in [0.2, 0.25) is 0 Å². The average molecular weight is 562 g/mol. The van der Waals surface area contributed by atoms with Gasteiger partial charge in [0.25, 0.3) is 0 Å². The van der Waals surface area contributed by atoms with Gasteiger partial charge >= 0.3 is 0 Å². The SMILES string of the molecule is CCCCCCc1c(Br)c(Br)c(CCCCCC)c(Br)c1Br. The van der Waals surface area contributed by atoms with Gasteiger partial charge in [-0.15, -0.1) is 0 Å². The summed E-state index contributed by atoms with van der Waals surface area (Å²) in [5.74, 6) is 0. The van der Waals surface area contributed by atoms with Crippen molar-refractivity contribution in [3.05, 3.63) is 29.0 Å². The zero-order valence-corrected chi connectivity index (χ0v) is 19.9. The minimum Gasteiger partial charge on any atom is -0.0654 e. The summed E-state index contributed by atoms with van der Waals surface area (Å²) in [5.41, 5.74) is 2.76. The van der Waals surface area contributed by atoms with E-state index in [0.717, 1.165) is 12.8 Å². The molecule has 0 aromatic heterocycles. The first-order valence-corrected chi connectivity index (χ1v) is 11.5. The van der Waals surface area contributed by atoms with Crippen LogP contribution >= 0.6 is 63.7 Å². The van der Waals surface area contributed by atoms with Gasteiger partial charge in [0.1, 0.15) is 0 Å². The maximum absolute atomic E-state index is 3.81. The second kappa shape index (κ2) is 11.7. The maximum atomic E-state index is 3.81. The van der Waals surface area contributed by atoms with Crippen molar-refractivity contribution >= 4 is 63.7 Å². The molecule has 0 aliphatic rings. The molecule has 0 atom stereocenters. The Morgan fingerprint density at radius 2 is 0.818 bits per heavy atom. The van der Waals surface area contributed by atoms with E-state index in [1.807, 2.05) is 0 Å². The Morgan fingerprint density at radius 1 is 0.500 bits per heavy atom. The molecule has 0 radical (unpaired) electrons. The highest BCUT2D eigenvalue weighted by Crippen LogP contribution is 2.43. The standard InChI is InChI=1S/C18H26Br4/c1-3-5-7-9-11-13-15(19)17(21)14(18(22)16(13)20)12-10-8-6-4-2/h3-12H2,1-2H3. The Balaban J connectivity index is 2.85. The van der Waals surface area contributed by atoms with Crippen molar-refractivity contribution in [2.24, 2.45) is 0 Å². The van der Waals surface area contributed by atoms with E-state index in [0.29, 0.717) is 0 Å². The first-order valence-electron chi connectivity index (χ1n) is 8.38. The van der Waals surface area contributed by atoms with Gasteiger partial charge in [0, 0.05) is 17.9 Å². The normalized spacial score (nSPS) is 11.2. The number of rotatable bonds is 10. The van der Waals surface area contributed by atoms with Crippen molar-refractivity contribution in [1.29, 1.82) is 0 Å². The van der Waals surface area contributed by atoms with Crippen molar-refractivity contribution in [3.8, 4) is 0 Å². The first kappa shape index (κ1) is 21.2. The van der Waals surface area contributed by atoms with Crippen LogP contribution in [0.15, 0.2) is 17.9 Å². The quantitative estimate of drug-likeness (QED) is 0.197. The van der Waals surface area contributed by atoms with Gasteiger partial charge in [0.15, 0.2) is 0 Å². The molecule has 0 amide bonds. The lowest BCUT2D eigenvalue weighted by molar-refractivity contribution is 0.660. The van der Waals surface area contributed by atoms with E-state index in [-0.39, 0.29) is 0 Å². The summed E-state index contributed by atoms with van der Waals surface area (Å²) >= 11 is 15.2. The van der Waals surface area contributed by atoms with E-state index in [1.165, 1.54) is 80.4 Å². The van der Waals surface area contributed by atoms with Gasteiger partial charge in [-0.25, -0.2) is 0 Å².